The number of hydrogen-bond acceptors (Lipinski definition) is 3. The molecule has 0 fully saturated rings. The second-order valence-electron chi connectivity index (χ2n) is 6.38. The molecule has 0 aliphatic rings. The molecule has 0 saturated carbocycles. The first-order valence-corrected chi connectivity index (χ1v) is 8.70. The van der Waals surface area contributed by atoms with Crippen LogP contribution in [0.4, 0.5) is 30.7 Å². The number of hydrogen-bond donors (Lipinski definition) is 1. The van der Waals surface area contributed by atoms with Crippen LogP contribution in [0.5, 0.6) is 0 Å². The number of aromatic nitrogens is 3. The van der Waals surface area contributed by atoms with Gasteiger partial charge in [0.2, 0.25) is 0 Å². The minimum atomic E-state index is -5.02. The molecule has 1 heterocycles. The van der Waals surface area contributed by atoms with E-state index in [0.29, 0.717) is 10.2 Å². The Balaban J connectivity index is 1.75. The van der Waals surface area contributed by atoms with Crippen molar-refractivity contribution in [1.29, 1.82) is 0 Å². The van der Waals surface area contributed by atoms with E-state index in [9.17, 15) is 35.5 Å². The van der Waals surface area contributed by atoms with Gasteiger partial charge in [0.15, 0.2) is 11.4 Å². The van der Waals surface area contributed by atoms with Gasteiger partial charge in [0.1, 0.15) is 5.82 Å². The van der Waals surface area contributed by atoms with Gasteiger partial charge in [-0.1, -0.05) is 23.4 Å². The molecule has 3 aromatic rings. The van der Waals surface area contributed by atoms with Crippen LogP contribution in [0.2, 0.25) is 0 Å². The number of nitrogens with zero attached hydrogens (tertiary/aromatic N) is 3. The summed E-state index contributed by atoms with van der Waals surface area (Å²) in [5.41, 5.74) is -3.17. The van der Waals surface area contributed by atoms with Gasteiger partial charge in [-0.15, -0.1) is 5.10 Å². The van der Waals surface area contributed by atoms with E-state index in [4.69, 9.17) is 0 Å². The SMILES string of the molecule is O=C(NCCc1ccc(C(F)(F)F)cc1)c1nnn(-c2cccc(F)c2)c1C(F)(F)F. The molecule has 0 aliphatic carbocycles. The van der Waals surface area contributed by atoms with Crippen LogP contribution in [0, 0.1) is 5.82 Å². The van der Waals surface area contributed by atoms with Gasteiger partial charge in [0.25, 0.3) is 5.91 Å². The zero-order valence-corrected chi connectivity index (χ0v) is 15.4. The maximum atomic E-state index is 13.5. The van der Waals surface area contributed by atoms with Gasteiger partial charge in [-0.05, 0) is 42.3 Å². The van der Waals surface area contributed by atoms with Gasteiger partial charge in [-0.25, -0.2) is 9.07 Å². The summed E-state index contributed by atoms with van der Waals surface area (Å²) in [6, 6.07) is 8.31. The minimum Gasteiger partial charge on any atom is -0.350 e. The molecule has 5 nitrogen and oxygen atoms in total. The maximum Gasteiger partial charge on any atom is 0.435 e. The molecule has 0 spiro atoms. The summed E-state index contributed by atoms with van der Waals surface area (Å²) in [7, 11) is 0. The van der Waals surface area contributed by atoms with Crippen LogP contribution in [-0.4, -0.2) is 27.4 Å². The fraction of sp³-hybridized carbons (Fsp3) is 0.211. The lowest BCUT2D eigenvalue weighted by molar-refractivity contribution is -0.143. The summed E-state index contributed by atoms with van der Waals surface area (Å²) >= 11 is 0. The summed E-state index contributed by atoms with van der Waals surface area (Å²) in [4.78, 5) is 12.2. The number of amides is 1. The van der Waals surface area contributed by atoms with E-state index in [1.165, 1.54) is 24.3 Å². The van der Waals surface area contributed by atoms with E-state index in [1.54, 1.807) is 0 Å². The molecular formula is C19H13F7N4O. The van der Waals surface area contributed by atoms with Crippen molar-refractivity contribution in [1.82, 2.24) is 20.3 Å². The van der Waals surface area contributed by atoms with Crippen molar-refractivity contribution >= 4 is 5.91 Å². The Hall–Kier alpha value is -3.44. The predicted octanol–water partition coefficient (Wildman–Crippen LogP) is 4.42. The average Bonchev–Trinajstić information content (AvgIpc) is 3.13. The summed E-state index contributed by atoms with van der Waals surface area (Å²) in [6.07, 6.45) is -9.44. The van der Waals surface area contributed by atoms with Crippen LogP contribution in [0.15, 0.2) is 48.5 Å². The summed E-state index contributed by atoms with van der Waals surface area (Å²) in [6.45, 7) is -0.158. The lowest BCUT2D eigenvalue weighted by Crippen LogP contribution is -2.29. The van der Waals surface area contributed by atoms with E-state index < -0.39 is 41.0 Å². The molecule has 0 unspecified atom stereocenters. The second-order valence-corrected chi connectivity index (χ2v) is 6.38. The monoisotopic (exact) mass is 446 g/mol. The van der Waals surface area contributed by atoms with Crippen molar-refractivity contribution in [2.24, 2.45) is 0 Å². The molecule has 0 radical (unpaired) electrons. The molecule has 31 heavy (non-hydrogen) atoms. The normalized spacial score (nSPS) is 12.1. The van der Waals surface area contributed by atoms with Gasteiger partial charge < -0.3 is 5.32 Å². The quantitative estimate of drug-likeness (QED) is 0.591. The maximum absolute atomic E-state index is 13.5. The average molecular weight is 446 g/mol. The Bertz CT molecular complexity index is 1070. The Labute approximate surface area is 170 Å². The number of carbonyl (C=O) groups excluding carboxylic acids is 1. The van der Waals surface area contributed by atoms with E-state index in [1.807, 2.05) is 0 Å². The fourth-order valence-electron chi connectivity index (χ4n) is 2.74. The zero-order valence-electron chi connectivity index (χ0n) is 15.4. The molecule has 1 N–H and O–H groups in total. The first-order valence-electron chi connectivity index (χ1n) is 8.70. The molecule has 0 aliphatic heterocycles. The number of rotatable bonds is 5. The lowest BCUT2D eigenvalue weighted by atomic mass is 10.1. The minimum absolute atomic E-state index is 0.0727. The second kappa shape index (κ2) is 8.36. The van der Waals surface area contributed by atoms with Crippen molar-refractivity contribution in [3.8, 4) is 5.69 Å². The molecule has 2 aromatic carbocycles. The largest absolute Gasteiger partial charge is 0.435 e. The molecule has 0 bridgehead atoms. The molecule has 164 valence electrons. The standard InChI is InChI=1S/C19H13F7N4O/c20-13-2-1-3-14(10-13)30-16(19(24,25)26)15(28-29-30)17(31)27-9-8-11-4-6-12(7-5-11)18(21,22)23/h1-7,10H,8-9H2,(H,27,31). The van der Waals surface area contributed by atoms with Crippen LogP contribution >= 0.6 is 0 Å². The molecule has 3 rings (SSSR count). The van der Waals surface area contributed by atoms with Crippen molar-refractivity contribution < 1.29 is 35.5 Å². The molecule has 0 saturated heterocycles. The van der Waals surface area contributed by atoms with Crippen molar-refractivity contribution in [3.63, 3.8) is 0 Å². The molecule has 12 heteroatoms. The molecule has 0 atom stereocenters. The third-order valence-corrected chi connectivity index (χ3v) is 4.19. The summed E-state index contributed by atoms with van der Waals surface area (Å²) in [5, 5.41) is 8.84. The Morgan fingerprint density at radius 3 is 2.23 bits per heavy atom. The van der Waals surface area contributed by atoms with E-state index in [0.717, 1.165) is 24.3 Å². The number of alkyl halides is 6. The topological polar surface area (TPSA) is 59.8 Å². The fourth-order valence-corrected chi connectivity index (χ4v) is 2.74. The third-order valence-electron chi connectivity index (χ3n) is 4.19. The highest BCUT2D eigenvalue weighted by molar-refractivity contribution is 5.93. The van der Waals surface area contributed by atoms with Gasteiger partial charge in [-0.2, -0.15) is 26.3 Å². The van der Waals surface area contributed by atoms with Gasteiger partial charge in [-0.3, -0.25) is 4.79 Å². The van der Waals surface area contributed by atoms with Crippen LogP contribution in [0.3, 0.4) is 0 Å². The van der Waals surface area contributed by atoms with Crippen molar-refractivity contribution in [2.45, 2.75) is 18.8 Å². The Morgan fingerprint density at radius 2 is 1.65 bits per heavy atom. The Morgan fingerprint density at radius 1 is 0.968 bits per heavy atom. The number of nitrogens with one attached hydrogen (secondary N) is 1. The van der Waals surface area contributed by atoms with Crippen LogP contribution < -0.4 is 5.32 Å². The number of benzene rings is 2. The summed E-state index contributed by atoms with van der Waals surface area (Å²) < 4.78 is 92.0. The van der Waals surface area contributed by atoms with Crippen molar-refractivity contribution in [2.75, 3.05) is 6.54 Å². The van der Waals surface area contributed by atoms with Gasteiger partial charge in [0, 0.05) is 6.54 Å². The van der Waals surface area contributed by atoms with Crippen LogP contribution in [0.1, 0.15) is 27.3 Å². The van der Waals surface area contributed by atoms with E-state index in [2.05, 4.69) is 15.6 Å². The number of halogens is 7. The van der Waals surface area contributed by atoms with E-state index in [-0.39, 0.29) is 18.7 Å². The number of carbonyl (C=O) groups is 1. The first-order chi connectivity index (χ1) is 14.5. The molecular weight excluding hydrogens is 433 g/mol. The van der Waals surface area contributed by atoms with Gasteiger partial charge >= 0.3 is 12.4 Å². The predicted molar refractivity (Wildman–Crippen MR) is 93.8 cm³/mol. The highest BCUT2D eigenvalue weighted by Crippen LogP contribution is 2.33. The zero-order chi connectivity index (χ0) is 22.8. The highest BCUT2D eigenvalue weighted by atomic mass is 19.4. The third kappa shape index (κ3) is 5.19. The highest BCUT2D eigenvalue weighted by Gasteiger charge is 2.42. The Kier molecular flexibility index (Phi) is 6.00. The van der Waals surface area contributed by atoms with Crippen LogP contribution in [0.25, 0.3) is 5.69 Å². The summed E-state index contributed by atoms with van der Waals surface area (Å²) in [5.74, 6) is -1.98. The lowest BCUT2D eigenvalue weighted by Gasteiger charge is -2.11. The molecule has 1 amide bonds. The smallest absolute Gasteiger partial charge is 0.350 e. The van der Waals surface area contributed by atoms with Crippen LogP contribution in [-0.2, 0) is 18.8 Å². The van der Waals surface area contributed by atoms with Crippen molar-refractivity contribution in [3.05, 3.63) is 76.9 Å². The molecule has 1 aromatic heterocycles. The van der Waals surface area contributed by atoms with E-state index >= 15 is 0 Å². The van der Waals surface area contributed by atoms with Gasteiger partial charge in [0.05, 0.1) is 11.3 Å². The first kappa shape index (κ1) is 22.2.